The van der Waals surface area contributed by atoms with Gasteiger partial charge >= 0.3 is 11.9 Å². The fourth-order valence-electron chi connectivity index (χ4n) is 6.44. The molecule has 5 rings (SSSR count). The SMILES string of the molecule is CC1C(CN2CCCC2C(=O)OC(C)(C)C)OC(c2ccc(-c3cccc(CNC(=O)CCC(=O)O)c3)cc2)OC1c1ccc(CO)cc1. The maximum Gasteiger partial charge on any atom is 0.323 e. The van der Waals surface area contributed by atoms with E-state index in [2.05, 4.69) is 17.1 Å². The number of hydrogen-bond acceptors (Lipinski definition) is 8. The molecule has 2 heterocycles. The van der Waals surface area contributed by atoms with Crippen molar-refractivity contribution < 1.29 is 38.8 Å². The van der Waals surface area contributed by atoms with Crippen molar-refractivity contribution in [3.05, 3.63) is 95.1 Å². The Bertz CT molecular complexity index is 1580. The third-order valence-corrected chi connectivity index (χ3v) is 9.08. The summed E-state index contributed by atoms with van der Waals surface area (Å²) in [6.07, 6.45) is 0.255. The second-order valence-electron chi connectivity index (χ2n) is 14.0. The fraction of sp³-hybridized carbons (Fsp3) is 0.462. The second-order valence-corrected chi connectivity index (χ2v) is 14.0. The number of carbonyl (C=O) groups excluding carboxylic acids is 2. The Morgan fingerprint density at radius 3 is 2.31 bits per heavy atom. The van der Waals surface area contributed by atoms with E-state index in [1.54, 1.807) is 0 Å². The lowest BCUT2D eigenvalue weighted by atomic mass is 9.89. The van der Waals surface area contributed by atoms with E-state index in [0.29, 0.717) is 13.1 Å². The standard InChI is InChI=1S/C39H48N2O8/c1-25-33(23-41-20-6-9-32(41)37(46)49-39(2,3)4)47-38(48-36(25)29-12-10-26(24-42)11-13-29)30-16-14-28(15-17-30)31-8-5-7-27(21-31)22-40-34(43)18-19-35(44)45/h5,7-8,10-17,21,25,32-33,36,38,42H,6,9,18-20,22-24H2,1-4H3,(H,40,43)(H,44,45). The number of hydrogen-bond donors (Lipinski definition) is 3. The topological polar surface area (TPSA) is 135 Å². The fourth-order valence-corrected chi connectivity index (χ4v) is 6.44. The number of rotatable bonds is 12. The van der Waals surface area contributed by atoms with Crippen molar-refractivity contribution in [2.75, 3.05) is 13.1 Å². The largest absolute Gasteiger partial charge is 0.481 e. The quantitative estimate of drug-likeness (QED) is 0.200. The van der Waals surface area contributed by atoms with Crippen molar-refractivity contribution in [3.8, 4) is 11.1 Å². The molecular formula is C39H48N2O8. The van der Waals surface area contributed by atoms with Crippen molar-refractivity contribution in [1.29, 1.82) is 0 Å². The number of aliphatic hydroxyl groups is 1. The van der Waals surface area contributed by atoms with Gasteiger partial charge < -0.3 is 29.7 Å². The number of aliphatic carboxylic acids is 1. The van der Waals surface area contributed by atoms with Gasteiger partial charge in [0.05, 0.1) is 25.2 Å². The second kappa shape index (κ2) is 16.1. The van der Waals surface area contributed by atoms with E-state index < -0.39 is 17.9 Å². The first kappa shape index (κ1) is 36.2. The lowest BCUT2D eigenvalue weighted by Gasteiger charge is -2.43. The van der Waals surface area contributed by atoms with E-state index in [0.717, 1.165) is 52.8 Å². The first-order chi connectivity index (χ1) is 23.4. The number of amides is 1. The summed E-state index contributed by atoms with van der Waals surface area (Å²) >= 11 is 0. The van der Waals surface area contributed by atoms with Crippen LogP contribution in [0, 0.1) is 5.92 Å². The van der Waals surface area contributed by atoms with Crippen LogP contribution in [0.5, 0.6) is 0 Å². The Morgan fingerprint density at radius 1 is 0.918 bits per heavy atom. The van der Waals surface area contributed by atoms with E-state index in [9.17, 15) is 19.5 Å². The molecule has 0 radical (unpaired) electrons. The summed E-state index contributed by atoms with van der Waals surface area (Å²) < 4.78 is 19.1. The zero-order valence-electron chi connectivity index (χ0n) is 28.8. The van der Waals surface area contributed by atoms with Crippen molar-refractivity contribution in [2.45, 2.75) is 96.7 Å². The zero-order valence-corrected chi connectivity index (χ0v) is 28.8. The Kier molecular flexibility index (Phi) is 11.9. The van der Waals surface area contributed by atoms with Gasteiger partial charge in [0.2, 0.25) is 5.91 Å². The summed E-state index contributed by atoms with van der Waals surface area (Å²) in [6.45, 7) is 9.41. The van der Waals surface area contributed by atoms with Crippen LogP contribution in [0.25, 0.3) is 11.1 Å². The molecule has 0 saturated carbocycles. The third kappa shape index (κ3) is 9.76. The van der Waals surface area contributed by atoms with Crippen molar-refractivity contribution in [3.63, 3.8) is 0 Å². The molecule has 262 valence electrons. The van der Waals surface area contributed by atoms with Gasteiger partial charge in [-0.05, 0) is 74.0 Å². The minimum absolute atomic E-state index is 0.0252. The Labute approximate surface area is 288 Å². The van der Waals surface area contributed by atoms with Gasteiger partial charge in [-0.1, -0.05) is 73.7 Å². The molecular weight excluding hydrogens is 624 g/mol. The van der Waals surface area contributed by atoms with Gasteiger partial charge in [0.25, 0.3) is 0 Å². The minimum atomic E-state index is -1.000. The van der Waals surface area contributed by atoms with E-state index in [-0.39, 0.29) is 55.5 Å². The number of carboxylic acids is 1. The lowest BCUT2D eigenvalue weighted by molar-refractivity contribution is -0.276. The number of aliphatic hydroxyl groups excluding tert-OH is 1. The molecule has 5 atom stereocenters. The number of benzene rings is 3. The van der Waals surface area contributed by atoms with Crippen LogP contribution in [0.4, 0.5) is 0 Å². The summed E-state index contributed by atoms with van der Waals surface area (Å²) in [5.41, 5.74) is 5.00. The predicted octanol–water partition coefficient (Wildman–Crippen LogP) is 5.92. The van der Waals surface area contributed by atoms with Gasteiger partial charge in [0.15, 0.2) is 6.29 Å². The molecule has 5 unspecified atom stereocenters. The molecule has 2 fully saturated rings. The van der Waals surface area contributed by atoms with Crippen LogP contribution in [0.15, 0.2) is 72.8 Å². The molecule has 49 heavy (non-hydrogen) atoms. The number of carboxylic acid groups (broad SMARTS) is 1. The Balaban J connectivity index is 1.33. The average molecular weight is 673 g/mol. The smallest absolute Gasteiger partial charge is 0.323 e. The van der Waals surface area contributed by atoms with Crippen LogP contribution < -0.4 is 5.32 Å². The summed E-state index contributed by atoms with van der Waals surface area (Å²) in [6, 6.07) is 23.4. The maximum atomic E-state index is 13.1. The van der Waals surface area contributed by atoms with E-state index in [1.807, 2.05) is 93.6 Å². The highest BCUT2D eigenvalue weighted by Crippen LogP contribution is 2.42. The summed E-state index contributed by atoms with van der Waals surface area (Å²) in [5, 5.41) is 21.2. The van der Waals surface area contributed by atoms with Crippen LogP contribution in [0.2, 0.25) is 0 Å². The van der Waals surface area contributed by atoms with Gasteiger partial charge in [-0.3, -0.25) is 19.3 Å². The summed E-state index contributed by atoms with van der Waals surface area (Å²) in [5.74, 6) is -1.52. The molecule has 0 aromatic heterocycles. The van der Waals surface area contributed by atoms with E-state index in [4.69, 9.17) is 19.3 Å². The highest BCUT2D eigenvalue weighted by molar-refractivity contribution is 5.80. The van der Waals surface area contributed by atoms with Crippen molar-refractivity contribution in [2.24, 2.45) is 5.92 Å². The highest BCUT2D eigenvalue weighted by atomic mass is 16.7. The molecule has 0 spiro atoms. The number of likely N-dealkylation sites (tertiary alicyclic amines) is 1. The molecule has 2 aliphatic heterocycles. The predicted molar refractivity (Wildman–Crippen MR) is 184 cm³/mol. The number of ether oxygens (including phenoxy) is 3. The summed E-state index contributed by atoms with van der Waals surface area (Å²) in [7, 11) is 0. The average Bonchev–Trinajstić information content (AvgIpc) is 3.55. The van der Waals surface area contributed by atoms with Crippen molar-refractivity contribution in [1.82, 2.24) is 10.2 Å². The normalized spacial score (nSPS) is 22.8. The number of nitrogens with zero attached hydrogens (tertiary/aromatic N) is 1. The van der Waals surface area contributed by atoms with Crippen LogP contribution in [-0.4, -0.2) is 63.8 Å². The molecule has 3 aromatic rings. The van der Waals surface area contributed by atoms with Gasteiger partial charge in [0.1, 0.15) is 11.6 Å². The minimum Gasteiger partial charge on any atom is -0.481 e. The molecule has 2 aliphatic rings. The molecule has 3 N–H and O–H groups in total. The lowest BCUT2D eigenvalue weighted by Crippen LogP contribution is -2.48. The first-order valence-corrected chi connectivity index (χ1v) is 17.1. The molecule has 2 saturated heterocycles. The van der Waals surface area contributed by atoms with Gasteiger partial charge in [0, 0.05) is 31.0 Å². The van der Waals surface area contributed by atoms with Gasteiger partial charge in [-0.2, -0.15) is 0 Å². The molecule has 1 amide bonds. The van der Waals surface area contributed by atoms with Crippen LogP contribution in [0.1, 0.15) is 88.0 Å². The van der Waals surface area contributed by atoms with Crippen LogP contribution in [0.3, 0.4) is 0 Å². The highest BCUT2D eigenvalue weighted by Gasteiger charge is 2.42. The zero-order chi connectivity index (χ0) is 35.1. The maximum absolute atomic E-state index is 13.1. The molecule has 0 bridgehead atoms. The number of esters is 1. The first-order valence-electron chi connectivity index (χ1n) is 17.1. The number of nitrogens with one attached hydrogen (secondary N) is 1. The summed E-state index contributed by atoms with van der Waals surface area (Å²) in [4.78, 5) is 38.1. The molecule has 10 heteroatoms. The molecule has 3 aromatic carbocycles. The third-order valence-electron chi connectivity index (χ3n) is 9.08. The van der Waals surface area contributed by atoms with Gasteiger partial charge in [-0.15, -0.1) is 0 Å². The van der Waals surface area contributed by atoms with Crippen LogP contribution in [-0.2, 0) is 41.7 Å². The Hall–Kier alpha value is -4.09. The van der Waals surface area contributed by atoms with Gasteiger partial charge in [-0.25, -0.2) is 0 Å². The Morgan fingerprint density at radius 2 is 1.63 bits per heavy atom. The monoisotopic (exact) mass is 672 g/mol. The van der Waals surface area contributed by atoms with E-state index >= 15 is 0 Å². The van der Waals surface area contributed by atoms with E-state index in [1.165, 1.54) is 0 Å². The molecule has 10 nitrogen and oxygen atoms in total. The van der Waals surface area contributed by atoms with Crippen molar-refractivity contribution >= 4 is 17.8 Å². The van der Waals surface area contributed by atoms with Crippen LogP contribution >= 0.6 is 0 Å². The molecule has 0 aliphatic carbocycles. The number of carbonyl (C=O) groups is 3.